The Morgan fingerprint density at radius 2 is 1.82 bits per heavy atom. The van der Waals surface area contributed by atoms with Gasteiger partial charge in [0.15, 0.2) is 5.96 Å². The summed E-state index contributed by atoms with van der Waals surface area (Å²) in [5, 5.41) is 7.03. The van der Waals surface area contributed by atoms with Gasteiger partial charge in [-0.15, -0.1) is 0 Å². The standard InChI is InChI=1S/C23H32N4O/c1-17-9-10-21(15-18(17)2)26-22(24)25-16-23(11-13-28-14-12-23)27-19(3)20-7-5-4-6-8-20/h4-10,15,19,27H,11-14,16H2,1-3H3,(H3,24,25,26). The highest BCUT2D eigenvalue weighted by atomic mass is 16.5. The molecule has 2 aromatic carbocycles. The molecular weight excluding hydrogens is 348 g/mol. The fourth-order valence-electron chi connectivity index (χ4n) is 3.64. The lowest BCUT2D eigenvalue weighted by Gasteiger charge is -2.39. The van der Waals surface area contributed by atoms with Crippen LogP contribution in [-0.2, 0) is 4.74 Å². The lowest BCUT2D eigenvalue weighted by Crippen LogP contribution is -2.53. The van der Waals surface area contributed by atoms with Gasteiger partial charge in [0.25, 0.3) is 0 Å². The fourth-order valence-corrected chi connectivity index (χ4v) is 3.64. The van der Waals surface area contributed by atoms with Gasteiger partial charge in [-0.2, -0.15) is 0 Å². The number of aryl methyl sites for hydroxylation is 2. The van der Waals surface area contributed by atoms with E-state index in [1.165, 1.54) is 16.7 Å². The predicted octanol–water partition coefficient (Wildman–Crippen LogP) is 3.93. The summed E-state index contributed by atoms with van der Waals surface area (Å²) < 4.78 is 5.60. The minimum Gasteiger partial charge on any atom is -0.381 e. The average Bonchev–Trinajstić information content (AvgIpc) is 2.71. The smallest absolute Gasteiger partial charge is 0.193 e. The Morgan fingerprint density at radius 1 is 1.11 bits per heavy atom. The maximum Gasteiger partial charge on any atom is 0.193 e. The second-order valence-corrected chi connectivity index (χ2v) is 7.79. The van der Waals surface area contributed by atoms with Crippen LogP contribution < -0.4 is 16.4 Å². The Balaban J connectivity index is 1.69. The molecule has 2 aromatic rings. The van der Waals surface area contributed by atoms with Gasteiger partial charge < -0.3 is 21.1 Å². The number of hydrogen-bond acceptors (Lipinski definition) is 3. The lowest BCUT2D eigenvalue weighted by molar-refractivity contribution is 0.0375. The zero-order valence-corrected chi connectivity index (χ0v) is 17.2. The van der Waals surface area contributed by atoms with Crippen LogP contribution in [-0.4, -0.2) is 31.3 Å². The molecule has 28 heavy (non-hydrogen) atoms. The van der Waals surface area contributed by atoms with Gasteiger partial charge in [-0.3, -0.25) is 4.99 Å². The van der Waals surface area contributed by atoms with Gasteiger partial charge in [-0.25, -0.2) is 0 Å². The van der Waals surface area contributed by atoms with Crippen molar-refractivity contribution < 1.29 is 4.74 Å². The molecule has 0 bridgehead atoms. The van der Waals surface area contributed by atoms with Gasteiger partial charge in [-0.1, -0.05) is 36.4 Å². The van der Waals surface area contributed by atoms with E-state index in [2.05, 4.69) is 72.8 Å². The van der Waals surface area contributed by atoms with Crippen molar-refractivity contribution in [1.29, 1.82) is 0 Å². The highest BCUT2D eigenvalue weighted by Gasteiger charge is 2.33. The number of rotatable bonds is 6. The number of hydrogen-bond donors (Lipinski definition) is 3. The van der Waals surface area contributed by atoms with Gasteiger partial charge in [-0.05, 0) is 62.4 Å². The van der Waals surface area contributed by atoms with E-state index >= 15 is 0 Å². The quantitative estimate of drug-likeness (QED) is 0.524. The normalized spacial score (nSPS) is 17.9. The van der Waals surface area contributed by atoms with Crippen LogP contribution in [0.2, 0.25) is 0 Å². The van der Waals surface area contributed by atoms with Crippen LogP contribution >= 0.6 is 0 Å². The second kappa shape index (κ2) is 9.22. The molecule has 1 aliphatic heterocycles. The third-order valence-corrected chi connectivity index (χ3v) is 5.60. The molecule has 0 aliphatic carbocycles. The third-order valence-electron chi connectivity index (χ3n) is 5.60. The third kappa shape index (κ3) is 5.33. The van der Waals surface area contributed by atoms with E-state index in [9.17, 15) is 0 Å². The summed E-state index contributed by atoms with van der Waals surface area (Å²) in [7, 11) is 0. The summed E-state index contributed by atoms with van der Waals surface area (Å²) >= 11 is 0. The molecule has 0 saturated carbocycles. The van der Waals surface area contributed by atoms with Crippen molar-refractivity contribution in [2.45, 2.75) is 45.2 Å². The second-order valence-electron chi connectivity index (χ2n) is 7.79. The molecule has 150 valence electrons. The molecule has 3 rings (SSSR count). The fraction of sp³-hybridized carbons (Fsp3) is 0.435. The Kier molecular flexibility index (Phi) is 6.70. The molecule has 0 amide bonds. The maximum atomic E-state index is 6.19. The molecule has 5 heteroatoms. The van der Waals surface area contributed by atoms with E-state index in [-0.39, 0.29) is 11.6 Å². The number of guanidine groups is 1. The van der Waals surface area contributed by atoms with Crippen molar-refractivity contribution in [3.63, 3.8) is 0 Å². The van der Waals surface area contributed by atoms with E-state index in [0.717, 1.165) is 31.7 Å². The molecule has 1 unspecified atom stereocenters. The lowest BCUT2D eigenvalue weighted by atomic mass is 9.88. The van der Waals surface area contributed by atoms with Gasteiger partial charge in [0.1, 0.15) is 0 Å². The van der Waals surface area contributed by atoms with Gasteiger partial charge >= 0.3 is 0 Å². The summed E-state index contributed by atoms with van der Waals surface area (Å²) in [5.74, 6) is 0.447. The molecule has 0 spiro atoms. The van der Waals surface area contributed by atoms with Crippen LogP contribution in [0.1, 0.15) is 42.5 Å². The zero-order valence-electron chi connectivity index (χ0n) is 17.2. The average molecular weight is 381 g/mol. The van der Waals surface area contributed by atoms with Crippen LogP contribution in [0.3, 0.4) is 0 Å². The summed E-state index contributed by atoms with van der Waals surface area (Å²) in [4.78, 5) is 4.68. The van der Waals surface area contributed by atoms with E-state index in [1.807, 2.05) is 12.1 Å². The number of ether oxygens (including phenoxy) is 1. The largest absolute Gasteiger partial charge is 0.381 e. The zero-order chi connectivity index (χ0) is 20.0. The molecule has 4 N–H and O–H groups in total. The Labute approximate surface area is 168 Å². The van der Waals surface area contributed by atoms with Gasteiger partial charge in [0.05, 0.1) is 6.54 Å². The van der Waals surface area contributed by atoms with E-state index < -0.39 is 0 Å². The van der Waals surface area contributed by atoms with Crippen LogP contribution in [0.15, 0.2) is 53.5 Å². The highest BCUT2D eigenvalue weighted by Crippen LogP contribution is 2.26. The Hall–Kier alpha value is -2.37. The van der Waals surface area contributed by atoms with Crippen molar-refractivity contribution in [2.24, 2.45) is 10.7 Å². The first-order valence-electron chi connectivity index (χ1n) is 10.0. The molecule has 5 nitrogen and oxygen atoms in total. The first kappa shape index (κ1) is 20.4. The van der Waals surface area contributed by atoms with Crippen molar-refractivity contribution in [3.8, 4) is 0 Å². The molecule has 0 aromatic heterocycles. The monoisotopic (exact) mass is 380 g/mol. The molecule has 1 atom stereocenters. The van der Waals surface area contributed by atoms with Crippen LogP contribution in [0.4, 0.5) is 5.69 Å². The van der Waals surface area contributed by atoms with Gasteiger partial charge in [0.2, 0.25) is 0 Å². The van der Waals surface area contributed by atoms with E-state index in [1.54, 1.807) is 0 Å². The molecule has 1 saturated heterocycles. The van der Waals surface area contributed by atoms with E-state index in [0.29, 0.717) is 12.5 Å². The molecular formula is C23H32N4O. The first-order valence-corrected chi connectivity index (χ1v) is 10.0. The number of nitrogens with zero attached hydrogens (tertiary/aromatic N) is 1. The van der Waals surface area contributed by atoms with Crippen molar-refractivity contribution >= 4 is 11.6 Å². The van der Waals surface area contributed by atoms with Crippen LogP contribution in [0.25, 0.3) is 0 Å². The SMILES string of the molecule is Cc1ccc(NC(N)=NCC2(NC(C)c3ccccc3)CCOCC2)cc1C. The highest BCUT2D eigenvalue weighted by molar-refractivity contribution is 5.92. The minimum atomic E-state index is -0.108. The minimum absolute atomic E-state index is 0.108. The number of anilines is 1. The van der Waals surface area contributed by atoms with Gasteiger partial charge in [0, 0.05) is 30.5 Å². The van der Waals surface area contributed by atoms with Crippen molar-refractivity contribution in [1.82, 2.24) is 5.32 Å². The summed E-state index contributed by atoms with van der Waals surface area (Å²) in [6.07, 6.45) is 1.84. The number of nitrogens with two attached hydrogens (primary N) is 1. The number of nitrogens with one attached hydrogen (secondary N) is 2. The molecule has 1 heterocycles. The Bertz CT molecular complexity index is 798. The number of benzene rings is 2. The maximum absolute atomic E-state index is 6.19. The predicted molar refractivity (Wildman–Crippen MR) is 117 cm³/mol. The summed E-state index contributed by atoms with van der Waals surface area (Å²) in [5.41, 5.74) is 10.8. The van der Waals surface area contributed by atoms with E-state index in [4.69, 9.17) is 10.5 Å². The topological polar surface area (TPSA) is 71.7 Å². The summed E-state index contributed by atoms with van der Waals surface area (Å²) in [6.45, 7) is 8.51. The Morgan fingerprint density at radius 3 is 2.50 bits per heavy atom. The summed E-state index contributed by atoms with van der Waals surface area (Å²) in [6, 6.07) is 17.0. The first-order chi connectivity index (χ1) is 13.5. The molecule has 0 radical (unpaired) electrons. The van der Waals surface area contributed by atoms with Crippen LogP contribution in [0, 0.1) is 13.8 Å². The van der Waals surface area contributed by atoms with Crippen molar-refractivity contribution in [2.75, 3.05) is 25.1 Å². The number of aliphatic imine (C=N–C) groups is 1. The van der Waals surface area contributed by atoms with Crippen molar-refractivity contribution in [3.05, 3.63) is 65.2 Å². The molecule has 1 fully saturated rings. The van der Waals surface area contributed by atoms with Crippen LogP contribution in [0.5, 0.6) is 0 Å². The molecule has 1 aliphatic rings.